The maximum absolute atomic E-state index is 12.2. The highest BCUT2D eigenvalue weighted by Gasteiger charge is 2.13. The van der Waals surface area contributed by atoms with Crippen LogP contribution in [0, 0.1) is 6.92 Å². The molecule has 0 atom stereocenters. The van der Waals surface area contributed by atoms with Crippen LogP contribution in [-0.2, 0) is 11.4 Å². The molecular weight excluding hydrogens is 394 g/mol. The second-order valence-corrected chi connectivity index (χ2v) is 6.90. The number of aryl methyl sites for hydroxylation is 1. The molecule has 0 bridgehead atoms. The SMILES string of the molecule is COc1cc(C)cc(COc2ccc(/C=C(\NC(=O)c3ccccc3)C(=O)O)cc2)c1. The lowest BCUT2D eigenvalue weighted by Crippen LogP contribution is -2.27. The highest BCUT2D eigenvalue weighted by atomic mass is 16.5. The number of nitrogens with one attached hydrogen (secondary N) is 1. The van der Waals surface area contributed by atoms with Crippen LogP contribution in [0.3, 0.4) is 0 Å². The monoisotopic (exact) mass is 417 g/mol. The molecule has 0 aliphatic heterocycles. The van der Waals surface area contributed by atoms with Gasteiger partial charge in [0.1, 0.15) is 23.8 Å². The van der Waals surface area contributed by atoms with E-state index in [1.165, 1.54) is 6.08 Å². The van der Waals surface area contributed by atoms with Crippen molar-refractivity contribution in [2.75, 3.05) is 7.11 Å². The molecule has 2 N–H and O–H groups in total. The molecule has 3 rings (SSSR count). The molecule has 6 nitrogen and oxygen atoms in total. The van der Waals surface area contributed by atoms with Gasteiger partial charge < -0.3 is 19.9 Å². The first-order chi connectivity index (χ1) is 14.9. The van der Waals surface area contributed by atoms with E-state index < -0.39 is 11.9 Å². The summed E-state index contributed by atoms with van der Waals surface area (Å²) in [4.78, 5) is 23.8. The van der Waals surface area contributed by atoms with E-state index in [4.69, 9.17) is 9.47 Å². The van der Waals surface area contributed by atoms with Gasteiger partial charge in [-0.2, -0.15) is 0 Å². The summed E-state index contributed by atoms with van der Waals surface area (Å²) in [5.74, 6) is -0.290. The average Bonchev–Trinajstić information content (AvgIpc) is 2.78. The Morgan fingerprint density at radius 1 is 0.968 bits per heavy atom. The molecule has 0 fully saturated rings. The number of ether oxygens (including phenoxy) is 2. The summed E-state index contributed by atoms with van der Waals surface area (Å²) in [5, 5.41) is 11.9. The summed E-state index contributed by atoms with van der Waals surface area (Å²) in [6.07, 6.45) is 1.40. The van der Waals surface area contributed by atoms with Crippen molar-refractivity contribution < 1.29 is 24.2 Å². The number of carboxylic acid groups (broad SMARTS) is 1. The number of hydrogen-bond donors (Lipinski definition) is 2. The van der Waals surface area contributed by atoms with Crippen LogP contribution < -0.4 is 14.8 Å². The summed E-state index contributed by atoms with van der Waals surface area (Å²) in [6, 6.07) is 21.3. The second-order valence-electron chi connectivity index (χ2n) is 6.90. The molecule has 0 aromatic heterocycles. The zero-order valence-corrected chi connectivity index (χ0v) is 17.3. The normalized spacial score (nSPS) is 11.0. The number of carbonyl (C=O) groups excluding carboxylic acids is 1. The van der Waals surface area contributed by atoms with Crippen LogP contribution >= 0.6 is 0 Å². The van der Waals surface area contributed by atoms with Crippen LogP contribution in [0.4, 0.5) is 0 Å². The molecular formula is C25H23NO5. The Bertz CT molecular complexity index is 1090. The van der Waals surface area contributed by atoms with Crippen molar-refractivity contribution in [3.05, 3.63) is 101 Å². The summed E-state index contributed by atoms with van der Waals surface area (Å²) >= 11 is 0. The van der Waals surface area contributed by atoms with Crippen LogP contribution in [0.2, 0.25) is 0 Å². The first-order valence-corrected chi connectivity index (χ1v) is 9.63. The zero-order valence-electron chi connectivity index (χ0n) is 17.3. The molecule has 3 aromatic rings. The van der Waals surface area contributed by atoms with E-state index in [0.29, 0.717) is 23.5 Å². The summed E-state index contributed by atoms with van der Waals surface area (Å²) in [6.45, 7) is 2.37. The number of rotatable bonds is 8. The Labute approximate surface area is 180 Å². The fourth-order valence-corrected chi connectivity index (χ4v) is 2.95. The molecule has 0 aliphatic carbocycles. The Balaban J connectivity index is 1.67. The maximum Gasteiger partial charge on any atom is 0.352 e. The smallest absolute Gasteiger partial charge is 0.352 e. The quantitative estimate of drug-likeness (QED) is 0.530. The third-order valence-electron chi connectivity index (χ3n) is 4.46. The Morgan fingerprint density at radius 2 is 1.68 bits per heavy atom. The van der Waals surface area contributed by atoms with Crippen molar-refractivity contribution in [2.45, 2.75) is 13.5 Å². The number of hydrogen-bond acceptors (Lipinski definition) is 4. The van der Waals surface area contributed by atoms with Gasteiger partial charge in [0.05, 0.1) is 7.11 Å². The van der Waals surface area contributed by atoms with E-state index in [9.17, 15) is 14.7 Å². The van der Waals surface area contributed by atoms with Gasteiger partial charge in [-0.25, -0.2) is 4.79 Å². The predicted octanol–water partition coefficient (Wildman–Crippen LogP) is 4.44. The van der Waals surface area contributed by atoms with E-state index in [1.54, 1.807) is 61.7 Å². The van der Waals surface area contributed by atoms with Gasteiger partial charge in [0, 0.05) is 5.56 Å². The molecule has 6 heteroatoms. The molecule has 0 unspecified atom stereocenters. The fraction of sp³-hybridized carbons (Fsp3) is 0.120. The van der Waals surface area contributed by atoms with Gasteiger partial charge in [0.15, 0.2) is 0 Å². The van der Waals surface area contributed by atoms with E-state index in [2.05, 4.69) is 5.32 Å². The lowest BCUT2D eigenvalue weighted by molar-refractivity contribution is -0.132. The van der Waals surface area contributed by atoms with E-state index in [-0.39, 0.29) is 5.70 Å². The van der Waals surface area contributed by atoms with Crippen LogP contribution in [0.1, 0.15) is 27.0 Å². The largest absolute Gasteiger partial charge is 0.497 e. The minimum absolute atomic E-state index is 0.214. The van der Waals surface area contributed by atoms with Crippen molar-refractivity contribution in [1.29, 1.82) is 0 Å². The molecule has 0 radical (unpaired) electrons. The minimum atomic E-state index is -1.22. The van der Waals surface area contributed by atoms with Crippen molar-refractivity contribution in [3.63, 3.8) is 0 Å². The van der Waals surface area contributed by atoms with Crippen LogP contribution in [-0.4, -0.2) is 24.1 Å². The first kappa shape index (κ1) is 21.6. The van der Waals surface area contributed by atoms with Gasteiger partial charge in [0.2, 0.25) is 0 Å². The molecule has 1 amide bonds. The third-order valence-corrected chi connectivity index (χ3v) is 4.46. The van der Waals surface area contributed by atoms with Gasteiger partial charge >= 0.3 is 5.97 Å². The van der Waals surface area contributed by atoms with Gasteiger partial charge in [0.25, 0.3) is 5.91 Å². The summed E-state index contributed by atoms with van der Waals surface area (Å²) < 4.78 is 11.1. The molecule has 0 aliphatic rings. The highest BCUT2D eigenvalue weighted by molar-refractivity contribution is 6.02. The van der Waals surface area contributed by atoms with Crippen LogP contribution in [0.5, 0.6) is 11.5 Å². The van der Waals surface area contributed by atoms with Gasteiger partial charge in [-0.3, -0.25) is 4.79 Å². The Morgan fingerprint density at radius 3 is 2.32 bits per heavy atom. The molecule has 0 spiro atoms. The number of methoxy groups -OCH3 is 1. The molecule has 0 saturated heterocycles. The molecule has 0 heterocycles. The minimum Gasteiger partial charge on any atom is -0.497 e. The number of aliphatic carboxylic acids is 1. The molecule has 158 valence electrons. The highest BCUT2D eigenvalue weighted by Crippen LogP contribution is 2.20. The molecule has 3 aromatic carbocycles. The third kappa shape index (κ3) is 6.21. The second kappa shape index (κ2) is 10.1. The Kier molecular flexibility index (Phi) is 7.06. The zero-order chi connectivity index (χ0) is 22.2. The number of amides is 1. The summed E-state index contributed by atoms with van der Waals surface area (Å²) in [7, 11) is 1.62. The van der Waals surface area contributed by atoms with Crippen molar-refractivity contribution >= 4 is 18.0 Å². The summed E-state index contributed by atoms with van der Waals surface area (Å²) in [5.41, 5.74) is 2.85. The topological polar surface area (TPSA) is 84.9 Å². The standard InChI is InChI=1S/C25H23NO5/c1-17-12-19(14-22(13-17)30-2)16-31-21-10-8-18(9-11-21)15-23(25(28)29)26-24(27)20-6-4-3-5-7-20/h3-15H,16H2,1-2H3,(H,26,27)(H,28,29)/b23-15-. The van der Waals surface area contributed by atoms with Crippen molar-refractivity contribution in [2.24, 2.45) is 0 Å². The van der Waals surface area contributed by atoms with Crippen LogP contribution in [0.25, 0.3) is 6.08 Å². The maximum atomic E-state index is 12.2. The van der Waals surface area contributed by atoms with E-state index in [0.717, 1.165) is 16.9 Å². The average molecular weight is 417 g/mol. The van der Waals surface area contributed by atoms with E-state index in [1.807, 2.05) is 25.1 Å². The molecule has 0 saturated carbocycles. The van der Waals surface area contributed by atoms with Crippen LogP contribution in [0.15, 0.2) is 78.5 Å². The fourth-order valence-electron chi connectivity index (χ4n) is 2.95. The number of benzene rings is 3. The van der Waals surface area contributed by atoms with Gasteiger partial charge in [-0.15, -0.1) is 0 Å². The van der Waals surface area contributed by atoms with Gasteiger partial charge in [-0.1, -0.05) is 36.4 Å². The lowest BCUT2D eigenvalue weighted by atomic mass is 10.1. The van der Waals surface area contributed by atoms with Crippen molar-refractivity contribution in [1.82, 2.24) is 5.32 Å². The van der Waals surface area contributed by atoms with Gasteiger partial charge in [-0.05, 0) is 66.1 Å². The number of carboxylic acids is 1. The first-order valence-electron chi connectivity index (χ1n) is 9.63. The Hall–Kier alpha value is -4.06. The number of carbonyl (C=O) groups is 2. The predicted molar refractivity (Wildman–Crippen MR) is 118 cm³/mol. The molecule has 31 heavy (non-hydrogen) atoms. The van der Waals surface area contributed by atoms with E-state index >= 15 is 0 Å². The lowest BCUT2D eigenvalue weighted by Gasteiger charge is -2.10. The van der Waals surface area contributed by atoms with Crippen molar-refractivity contribution in [3.8, 4) is 11.5 Å².